The standard InChI is InChI=1S/C5H9NO4.C4H9NO2/c6-3(5(9)10)1-2-4(7)8;1-2-3(5)4(6)7/h3H,1-2,6H2,(H,7,8)(H,9,10);3H,2,5H2,1H3,(H,6,7)/t3-;/m0./s1. The largest absolute Gasteiger partial charge is 0.481 e. The predicted octanol–water partition coefficient (Wildman–Crippen LogP) is -0.929. The molecule has 0 heterocycles. The lowest BCUT2D eigenvalue weighted by Crippen LogP contribution is -2.30. The van der Waals surface area contributed by atoms with Gasteiger partial charge in [-0.05, 0) is 12.8 Å². The van der Waals surface area contributed by atoms with Crippen LogP contribution in [0.1, 0.15) is 26.2 Å². The highest BCUT2D eigenvalue weighted by atomic mass is 16.4. The molecule has 8 nitrogen and oxygen atoms in total. The molecule has 0 bridgehead atoms. The van der Waals surface area contributed by atoms with E-state index in [2.05, 4.69) is 0 Å². The van der Waals surface area contributed by atoms with Crippen LogP contribution in [0.25, 0.3) is 0 Å². The highest BCUT2D eigenvalue weighted by Crippen LogP contribution is 1.93. The highest BCUT2D eigenvalue weighted by Gasteiger charge is 2.12. The average Bonchev–Trinajstić information content (AvgIpc) is 2.24. The van der Waals surface area contributed by atoms with E-state index in [1.165, 1.54) is 0 Å². The van der Waals surface area contributed by atoms with E-state index in [1.807, 2.05) is 0 Å². The molecule has 7 N–H and O–H groups in total. The van der Waals surface area contributed by atoms with Crippen molar-refractivity contribution in [3.63, 3.8) is 0 Å². The van der Waals surface area contributed by atoms with Crippen LogP contribution in [0.5, 0.6) is 0 Å². The summed E-state index contributed by atoms with van der Waals surface area (Å²) in [5, 5.41) is 24.3. The first kappa shape index (κ1) is 17.7. The van der Waals surface area contributed by atoms with Gasteiger partial charge in [-0.1, -0.05) is 6.92 Å². The third-order valence-corrected chi connectivity index (χ3v) is 1.74. The number of rotatable bonds is 6. The Labute approximate surface area is 98.2 Å². The Balaban J connectivity index is 0. The molecule has 0 amide bonds. The fourth-order valence-corrected chi connectivity index (χ4v) is 0.577. The first-order valence-electron chi connectivity index (χ1n) is 4.90. The van der Waals surface area contributed by atoms with Crippen molar-refractivity contribution < 1.29 is 29.7 Å². The van der Waals surface area contributed by atoms with E-state index in [1.54, 1.807) is 6.92 Å². The molecule has 0 aromatic carbocycles. The van der Waals surface area contributed by atoms with E-state index < -0.39 is 30.0 Å². The van der Waals surface area contributed by atoms with Crippen LogP contribution in [0.2, 0.25) is 0 Å². The second-order valence-corrected chi connectivity index (χ2v) is 3.23. The van der Waals surface area contributed by atoms with E-state index in [-0.39, 0.29) is 12.8 Å². The normalized spacial score (nSPS) is 12.9. The van der Waals surface area contributed by atoms with Gasteiger partial charge in [-0.2, -0.15) is 0 Å². The fraction of sp³-hybridized carbons (Fsp3) is 0.667. The Morgan fingerprint density at radius 3 is 1.59 bits per heavy atom. The van der Waals surface area contributed by atoms with Gasteiger partial charge in [-0.15, -0.1) is 0 Å². The van der Waals surface area contributed by atoms with Crippen LogP contribution in [0, 0.1) is 0 Å². The summed E-state index contributed by atoms with van der Waals surface area (Å²) in [5.41, 5.74) is 10.0. The lowest BCUT2D eigenvalue weighted by Gasteiger charge is -2.01. The van der Waals surface area contributed by atoms with Crippen molar-refractivity contribution >= 4 is 17.9 Å². The maximum Gasteiger partial charge on any atom is 0.320 e. The maximum absolute atomic E-state index is 9.99. The first-order chi connectivity index (χ1) is 7.72. The number of hydrogen-bond donors (Lipinski definition) is 5. The Morgan fingerprint density at radius 2 is 1.41 bits per heavy atom. The second kappa shape index (κ2) is 9.55. The third kappa shape index (κ3) is 12.3. The molecule has 0 aromatic heterocycles. The number of carbonyl (C=O) groups is 3. The summed E-state index contributed by atoms with van der Waals surface area (Å²) < 4.78 is 0. The topological polar surface area (TPSA) is 164 Å². The van der Waals surface area contributed by atoms with Crippen LogP contribution in [0.4, 0.5) is 0 Å². The van der Waals surface area contributed by atoms with Gasteiger partial charge in [0.2, 0.25) is 0 Å². The molecule has 0 fully saturated rings. The van der Waals surface area contributed by atoms with E-state index in [0.29, 0.717) is 6.42 Å². The Morgan fingerprint density at radius 1 is 1.00 bits per heavy atom. The molecule has 0 aliphatic rings. The minimum atomic E-state index is -1.17. The predicted molar refractivity (Wildman–Crippen MR) is 58.4 cm³/mol. The molecule has 0 rings (SSSR count). The van der Waals surface area contributed by atoms with Crippen LogP contribution in [-0.4, -0.2) is 45.3 Å². The van der Waals surface area contributed by atoms with Crippen LogP contribution < -0.4 is 11.5 Å². The first-order valence-corrected chi connectivity index (χ1v) is 4.90. The molecular formula is C9H18N2O6. The Kier molecular flexibility index (Phi) is 9.95. The van der Waals surface area contributed by atoms with Crippen molar-refractivity contribution in [3.8, 4) is 0 Å². The summed E-state index contributed by atoms with van der Waals surface area (Å²) in [6.45, 7) is 1.73. The number of carboxylic acids is 3. The van der Waals surface area contributed by atoms with Crippen molar-refractivity contribution in [1.82, 2.24) is 0 Å². The number of nitrogens with two attached hydrogens (primary N) is 2. The van der Waals surface area contributed by atoms with Gasteiger partial charge in [0.15, 0.2) is 0 Å². The van der Waals surface area contributed by atoms with Crippen LogP contribution >= 0.6 is 0 Å². The van der Waals surface area contributed by atoms with Crippen LogP contribution in [-0.2, 0) is 14.4 Å². The maximum atomic E-state index is 9.99. The zero-order valence-corrected chi connectivity index (χ0v) is 9.50. The van der Waals surface area contributed by atoms with Crippen molar-refractivity contribution in [2.24, 2.45) is 11.5 Å². The van der Waals surface area contributed by atoms with Gasteiger partial charge in [0.05, 0.1) is 0 Å². The lowest BCUT2D eigenvalue weighted by molar-refractivity contribution is -0.140. The van der Waals surface area contributed by atoms with Crippen LogP contribution in [0.3, 0.4) is 0 Å². The third-order valence-electron chi connectivity index (χ3n) is 1.74. The molecule has 0 spiro atoms. The molecule has 2 atom stereocenters. The molecule has 100 valence electrons. The summed E-state index contributed by atoms with van der Waals surface area (Å²) in [6.07, 6.45) is 0.271. The summed E-state index contributed by atoms with van der Waals surface area (Å²) in [4.78, 5) is 29.7. The molecule has 0 aliphatic carbocycles. The Hall–Kier alpha value is -1.67. The fourth-order valence-electron chi connectivity index (χ4n) is 0.577. The molecule has 0 aromatic rings. The van der Waals surface area contributed by atoms with Crippen molar-refractivity contribution in [3.05, 3.63) is 0 Å². The van der Waals surface area contributed by atoms with E-state index in [0.717, 1.165) is 0 Å². The van der Waals surface area contributed by atoms with Crippen molar-refractivity contribution in [2.75, 3.05) is 0 Å². The highest BCUT2D eigenvalue weighted by molar-refractivity contribution is 5.74. The number of carboxylic acid groups (broad SMARTS) is 3. The average molecular weight is 250 g/mol. The van der Waals surface area contributed by atoms with E-state index >= 15 is 0 Å². The minimum Gasteiger partial charge on any atom is -0.481 e. The Bertz CT molecular complexity index is 268. The van der Waals surface area contributed by atoms with Gasteiger partial charge in [0, 0.05) is 6.42 Å². The van der Waals surface area contributed by atoms with Gasteiger partial charge in [-0.3, -0.25) is 14.4 Å². The zero-order valence-electron chi connectivity index (χ0n) is 9.50. The quantitative estimate of drug-likeness (QED) is 0.403. The zero-order chi connectivity index (χ0) is 14.0. The molecular weight excluding hydrogens is 232 g/mol. The monoisotopic (exact) mass is 250 g/mol. The molecule has 0 aliphatic heterocycles. The number of hydrogen-bond acceptors (Lipinski definition) is 5. The van der Waals surface area contributed by atoms with Crippen molar-refractivity contribution in [1.29, 1.82) is 0 Å². The summed E-state index contributed by atoms with van der Waals surface area (Å²) in [5.74, 6) is -3.12. The molecule has 8 heteroatoms. The van der Waals surface area contributed by atoms with Crippen molar-refractivity contribution in [2.45, 2.75) is 38.3 Å². The molecule has 0 saturated carbocycles. The van der Waals surface area contributed by atoms with Gasteiger partial charge in [0.1, 0.15) is 12.1 Å². The summed E-state index contributed by atoms with van der Waals surface area (Å²) in [6, 6.07) is -1.74. The molecule has 0 saturated heterocycles. The van der Waals surface area contributed by atoms with Crippen LogP contribution in [0.15, 0.2) is 0 Å². The molecule has 0 radical (unpaired) electrons. The smallest absolute Gasteiger partial charge is 0.320 e. The summed E-state index contributed by atoms with van der Waals surface area (Å²) in [7, 11) is 0. The summed E-state index contributed by atoms with van der Waals surface area (Å²) >= 11 is 0. The lowest BCUT2D eigenvalue weighted by atomic mass is 10.2. The van der Waals surface area contributed by atoms with E-state index in [4.69, 9.17) is 26.8 Å². The van der Waals surface area contributed by atoms with E-state index in [9.17, 15) is 14.4 Å². The number of aliphatic carboxylic acids is 3. The molecule has 1 unspecified atom stereocenters. The van der Waals surface area contributed by atoms with Gasteiger partial charge in [0.25, 0.3) is 0 Å². The SMILES string of the molecule is CCC(N)C(=O)O.N[C@@H](CCC(=O)O)C(=O)O. The molecule has 17 heavy (non-hydrogen) atoms. The minimum absolute atomic E-state index is 0.0231. The van der Waals surface area contributed by atoms with Gasteiger partial charge >= 0.3 is 17.9 Å². The van der Waals surface area contributed by atoms with Gasteiger partial charge in [-0.25, -0.2) is 0 Å². The second-order valence-electron chi connectivity index (χ2n) is 3.23. The van der Waals surface area contributed by atoms with Gasteiger partial charge < -0.3 is 26.8 Å².